The molecule has 0 spiro atoms. The first-order valence-corrected chi connectivity index (χ1v) is 20.4. The highest BCUT2D eigenvalue weighted by Gasteiger charge is 2.71. The van der Waals surface area contributed by atoms with Crippen LogP contribution >= 0.6 is 11.6 Å². The molecule has 13 heteroatoms. The molecule has 5 aromatic rings. The second-order valence-corrected chi connectivity index (χ2v) is 16.4. The van der Waals surface area contributed by atoms with E-state index in [9.17, 15) is 14.7 Å². The van der Waals surface area contributed by atoms with Crippen LogP contribution in [0.4, 0.5) is 28.4 Å². The highest BCUT2D eigenvalue weighted by molar-refractivity contribution is 6.32. The number of hydrogen-bond acceptors (Lipinski definition) is 10. The fourth-order valence-corrected chi connectivity index (χ4v) is 10.3. The third-order valence-electron chi connectivity index (χ3n) is 12.8. The monoisotopic (exact) mass is 835 g/mol. The van der Waals surface area contributed by atoms with E-state index in [-0.39, 0.29) is 35.8 Å². The highest BCUT2D eigenvalue weighted by Crippen LogP contribution is 2.66. The molecule has 4 amide bonds. The Morgan fingerprint density at radius 1 is 0.738 bits per heavy atom. The number of azo groups is 1. The summed E-state index contributed by atoms with van der Waals surface area (Å²) in [5.41, 5.74) is 2.83. The lowest BCUT2D eigenvalue weighted by Gasteiger charge is -2.51. The minimum Gasteiger partial charge on any atom is -0.507 e. The van der Waals surface area contributed by atoms with Crippen LogP contribution in [-0.2, 0) is 24.6 Å². The molecule has 2 aliphatic heterocycles. The number of phenolic OH excluding ortho intramolecular Hbond substituents is 1. The maximum absolute atomic E-state index is 15.6. The maximum Gasteiger partial charge on any atom is 0.246 e. The van der Waals surface area contributed by atoms with Crippen LogP contribution in [0.25, 0.3) is 0 Å². The molecular formula is C48H42ClN5O7. The van der Waals surface area contributed by atoms with Crippen molar-refractivity contribution in [1.29, 1.82) is 0 Å². The highest BCUT2D eigenvalue weighted by atomic mass is 35.5. The number of aromatic hydroxyl groups is 1. The number of halogens is 1. The molecule has 12 nitrogen and oxygen atoms in total. The molecule has 1 N–H and O–H groups in total. The number of phenols is 1. The first kappa shape index (κ1) is 39.7. The van der Waals surface area contributed by atoms with Gasteiger partial charge >= 0.3 is 0 Å². The summed E-state index contributed by atoms with van der Waals surface area (Å²) in [6, 6.07) is 33.2. The van der Waals surface area contributed by atoms with Crippen LogP contribution in [0.15, 0.2) is 137 Å². The zero-order valence-electron chi connectivity index (χ0n) is 33.9. The molecule has 0 aromatic heterocycles. The minimum atomic E-state index is -1.61. The predicted molar refractivity (Wildman–Crippen MR) is 231 cm³/mol. The fraction of sp³-hybridized carbons (Fsp3) is 0.250. The Morgan fingerprint density at radius 2 is 1.43 bits per heavy atom. The molecule has 2 heterocycles. The predicted octanol–water partition coefficient (Wildman–Crippen LogP) is 8.91. The van der Waals surface area contributed by atoms with E-state index < -0.39 is 52.7 Å². The van der Waals surface area contributed by atoms with Gasteiger partial charge in [0.2, 0.25) is 23.6 Å². The van der Waals surface area contributed by atoms with E-state index in [4.69, 9.17) is 21.1 Å². The smallest absolute Gasteiger partial charge is 0.246 e. The Bertz CT molecular complexity index is 2650. The van der Waals surface area contributed by atoms with Crippen LogP contribution in [0, 0.1) is 23.7 Å². The molecule has 5 aromatic carbocycles. The first-order valence-electron chi connectivity index (χ1n) is 20.0. The molecule has 9 rings (SSSR count). The summed E-state index contributed by atoms with van der Waals surface area (Å²) in [7, 11) is 6.85. The lowest BCUT2D eigenvalue weighted by atomic mass is 9.49. The van der Waals surface area contributed by atoms with Crippen LogP contribution < -0.4 is 24.2 Å². The summed E-state index contributed by atoms with van der Waals surface area (Å²) >= 11 is 6.45. The van der Waals surface area contributed by atoms with Gasteiger partial charge in [-0.25, -0.2) is 4.90 Å². The van der Waals surface area contributed by atoms with E-state index in [1.807, 2.05) is 79.7 Å². The Kier molecular flexibility index (Phi) is 9.98. The fourth-order valence-electron chi connectivity index (χ4n) is 10.1. The topological polar surface area (TPSA) is 141 Å². The quantitative estimate of drug-likeness (QED) is 0.0882. The number of nitrogens with zero attached hydrogens (tertiary/aromatic N) is 5. The Balaban J connectivity index is 1.15. The van der Waals surface area contributed by atoms with E-state index in [0.717, 1.165) is 5.69 Å². The second-order valence-electron chi connectivity index (χ2n) is 16.0. The number of hydrogen-bond donors (Lipinski definition) is 1. The van der Waals surface area contributed by atoms with Crippen molar-refractivity contribution >= 4 is 63.7 Å². The maximum atomic E-state index is 15.6. The third kappa shape index (κ3) is 6.27. The van der Waals surface area contributed by atoms with Crippen LogP contribution in [0.5, 0.6) is 17.2 Å². The number of rotatable bonds is 9. The summed E-state index contributed by atoms with van der Waals surface area (Å²) < 4.78 is 11.4. The standard InChI is InChI=1S/C48H42ClN5O7/c1-52(2)31-17-13-29(14-18-31)50-51-30-15-19-32(20-16-30)53-44(56)36-22-21-35-37(41(36)46(53)58)26-38-45(57)54(33-12-8-11-28(49)23-33)47(59)48(38,27-9-6-5-7-10-27)43(35)42-39(55)24-34(60-3)25-40(42)61-4/h5-21,23-25,36-38,41,43,55H,22,26H2,1-4H3. The van der Waals surface area contributed by atoms with Crippen molar-refractivity contribution in [2.75, 3.05) is 43.0 Å². The molecule has 6 atom stereocenters. The van der Waals surface area contributed by atoms with Crippen molar-refractivity contribution in [3.8, 4) is 17.2 Å². The van der Waals surface area contributed by atoms with Crippen molar-refractivity contribution < 1.29 is 33.8 Å². The van der Waals surface area contributed by atoms with Crippen molar-refractivity contribution in [2.24, 2.45) is 33.9 Å². The Labute approximate surface area is 357 Å². The van der Waals surface area contributed by atoms with E-state index in [2.05, 4.69) is 10.2 Å². The molecule has 2 saturated heterocycles. The molecular weight excluding hydrogens is 794 g/mol. The zero-order chi connectivity index (χ0) is 42.7. The molecule has 2 aliphatic carbocycles. The van der Waals surface area contributed by atoms with Crippen LogP contribution in [-0.4, -0.2) is 57.1 Å². The second kappa shape index (κ2) is 15.3. The van der Waals surface area contributed by atoms with Gasteiger partial charge in [0.1, 0.15) is 17.2 Å². The molecule has 308 valence electrons. The van der Waals surface area contributed by atoms with Crippen LogP contribution in [0.1, 0.15) is 29.9 Å². The van der Waals surface area contributed by atoms with Crippen LogP contribution in [0.3, 0.4) is 0 Å². The summed E-state index contributed by atoms with van der Waals surface area (Å²) in [6.45, 7) is 0. The summed E-state index contributed by atoms with van der Waals surface area (Å²) in [5, 5.41) is 21.1. The van der Waals surface area contributed by atoms with E-state index in [1.54, 1.807) is 54.6 Å². The third-order valence-corrected chi connectivity index (χ3v) is 13.0. The van der Waals surface area contributed by atoms with Crippen molar-refractivity contribution in [3.63, 3.8) is 0 Å². The SMILES string of the molecule is COc1cc(O)c(C2C3=CCC4C(=O)N(c5ccc(N=Nc6ccc(N(C)C)cc6)cc5)C(=O)C4C3CC3C(=O)N(c4cccc(Cl)c4)C(=O)C32c2ccccc2)c(OC)c1. The lowest BCUT2D eigenvalue weighted by molar-refractivity contribution is -0.127. The molecule has 4 aliphatic rings. The number of benzene rings is 5. The molecule has 6 unspecified atom stereocenters. The number of anilines is 3. The summed E-state index contributed by atoms with van der Waals surface area (Å²) in [4.78, 5) is 64.4. The number of methoxy groups -OCH3 is 2. The number of amides is 4. The van der Waals surface area contributed by atoms with Gasteiger partial charge < -0.3 is 19.5 Å². The van der Waals surface area contributed by atoms with Gasteiger partial charge in [0.15, 0.2) is 0 Å². The average Bonchev–Trinajstić information content (AvgIpc) is 3.66. The number of allylic oxidation sites excluding steroid dienone is 2. The first-order chi connectivity index (χ1) is 29.5. The Hall–Kier alpha value is -6.79. The van der Waals surface area contributed by atoms with Gasteiger partial charge in [-0.2, -0.15) is 10.2 Å². The Morgan fingerprint density at radius 3 is 2.07 bits per heavy atom. The van der Waals surface area contributed by atoms with E-state index in [1.165, 1.54) is 30.1 Å². The number of imide groups is 2. The normalized spacial score (nSPS) is 24.4. The van der Waals surface area contributed by atoms with Crippen LogP contribution in [0.2, 0.25) is 5.02 Å². The number of ether oxygens (including phenoxy) is 2. The molecule has 61 heavy (non-hydrogen) atoms. The van der Waals surface area contributed by atoms with Gasteiger partial charge in [0.05, 0.1) is 60.1 Å². The average molecular weight is 836 g/mol. The van der Waals surface area contributed by atoms with Crippen molar-refractivity contribution in [2.45, 2.75) is 24.2 Å². The zero-order valence-corrected chi connectivity index (χ0v) is 34.6. The molecule has 3 fully saturated rings. The summed E-state index contributed by atoms with van der Waals surface area (Å²) in [5.74, 6) is -5.67. The van der Waals surface area contributed by atoms with Gasteiger partial charge in [-0.05, 0) is 91.1 Å². The van der Waals surface area contributed by atoms with Crippen molar-refractivity contribution in [1.82, 2.24) is 0 Å². The molecule has 1 saturated carbocycles. The van der Waals surface area contributed by atoms with Gasteiger partial charge in [-0.15, -0.1) is 0 Å². The van der Waals surface area contributed by atoms with E-state index >= 15 is 9.59 Å². The number of carbonyl (C=O) groups is 4. The largest absolute Gasteiger partial charge is 0.507 e. The van der Waals surface area contributed by atoms with Crippen molar-refractivity contribution in [3.05, 3.63) is 143 Å². The van der Waals surface area contributed by atoms with Gasteiger partial charge in [-0.3, -0.25) is 24.1 Å². The van der Waals surface area contributed by atoms with E-state index in [0.29, 0.717) is 44.7 Å². The number of fused-ring (bicyclic) bond motifs is 4. The van der Waals surface area contributed by atoms with Gasteiger partial charge in [-0.1, -0.05) is 59.6 Å². The van der Waals surface area contributed by atoms with Gasteiger partial charge in [0.25, 0.3) is 0 Å². The lowest BCUT2D eigenvalue weighted by Crippen LogP contribution is -2.53. The number of carbonyl (C=O) groups excluding carboxylic acids is 4. The summed E-state index contributed by atoms with van der Waals surface area (Å²) in [6.07, 6.45) is 2.21. The molecule has 0 radical (unpaired) electrons. The molecule has 0 bridgehead atoms. The van der Waals surface area contributed by atoms with Gasteiger partial charge in [0, 0.05) is 48.4 Å². The minimum absolute atomic E-state index is 0.0843.